The Bertz CT molecular complexity index is 1940. The van der Waals surface area contributed by atoms with Gasteiger partial charge in [-0.2, -0.15) is 0 Å². The molecule has 3 aromatic rings. The highest BCUT2D eigenvalue weighted by molar-refractivity contribution is 6.17. The number of ketones is 1. The van der Waals surface area contributed by atoms with Crippen molar-refractivity contribution in [3.8, 4) is 22.5 Å². The van der Waals surface area contributed by atoms with Crippen LogP contribution in [0.25, 0.3) is 33.4 Å². The van der Waals surface area contributed by atoms with Gasteiger partial charge in [0.2, 0.25) is 5.36 Å². The van der Waals surface area contributed by atoms with Crippen LogP contribution >= 0.6 is 11.6 Å². The molecule has 0 unspecified atom stereocenters. The Morgan fingerprint density at radius 2 is 1.65 bits per heavy atom. The molecule has 48 heavy (non-hydrogen) atoms. The van der Waals surface area contributed by atoms with Crippen LogP contribution in [-0.2, 0) is 22.5 Å². The van der Waals surface area contributed by atoms with Gasteiger partial charge in [0.05, 0.1) is 24.8 Å². The van der Waals surface area contributed by atoms with Crippen molar-refractivity contribution in [3.05, 3.63) is 94.7 Å². The van der Waals surface area contributed by atoms with Gasteiger partial charge in [-0.3, -0.25) is 4.79 Å². The molecule has 2 aromatic carbocycles. The van der Waals surface area contributed by atoms with Crippen LogP contribution in [0.5, 0.6) is 0 Å². The third-order valence-electron chi connectivity index (χ3n) is 8.15. The van der Waals surface area contributed by atoms with Gasteiger partial charge in [-0.05, 0) is 60.9 Å². The number of halogens is 1. The molecule has 0 spiro atoms. The van der Waals surface area contributed by atoms with Crippen molar-refractivity contribution in [1.29, 1.82) is 0 Å². The summed E-state index contributed by atoms with van der Waals surface area (Å²) in [4.78, 5) is 27.9. The van der Waals surface area contributed by atoms with Crippen LogP contribution in [0.3, 0.4) is 0 Å². The van der Waals surface area contributed by atoms with E-state index in [0.717, 1.165) is 46.4 Å². The Morgan fingerprint density at radius 1 is 0.854 bits per heavy atom. The summed E-state index contributed by atoms with van der Waals surface area (Å²) in [5, 5.41) is 11.9. The van der Waals surface area contributed by atoms with Gasteiger partial charge < -0.3 is 28.3 Å². The molecule has 0 saturated heterocycles. The Morgan fingerprint density at radius 3 is 2.40 bits per heavy atom. The molecule has 9 nitrogen and oxygen atoms in total. The smallest absolute Gasteiger partial charge is 0.336 e. The van der Waals surface area contributed by atoms with Gasteiger partial charge in [-0.15, -0.1) is 11.6 Å². The highest BCUT2D eigenvalue weighted by Crippen LogP contribution is 2.42. The van der Waals surface area contributed by atoms with Crippen molar-refractivity contribution in [2.24, 2.45) is 0 Å². The van der Waals surface area contributed by atoms with Crippen LogP contribution in [0.1, 0.15) is 51.5 Å². The number of alkyl halides is 1. The summed E-state index contributed by atoms with van der Waals surface area (Å²) in [7, 11) is 7.80. The number of carbonyl (C=O) groups excluding carboxylic acids is 1. The van der Waals surface area contributed by atoms with Crippen LogP contribution in [0.2, 0.25) is 0 Å². The zero-order valence-electron chi connectivity index (χ0n) is 27.9. The number of anilines is 1. The minimum atomic E-state index is -1.07. The van der Waals surface area contributed by atoms with E-state index in [-0.39, 0.29) is 17.8 Å². The molecule has 1 aromatic heterocycles. The monoisotopic (exact) mass is 673 g/mol. The lowest BCUT2D eigenvalue weighted by Crippen LogP contribution is -2.21. The number of Topliss-reactive ketones (excluding diaryl/α,β-unsaturated/α-hetero) is 1. The van der Waals surface area contributed by atoms with Crippen molar-refractivity contribution < 1.29 is 33.0 Å². The normalized spacial score (nSPS) is 11.4. The highest BCUT2D eigenvalue weighted by atomic mass is 35.5. The summed E-state index contributed by atoms with van der Waals surface area (Å²) in [6, 6.07) is 20.4. The van der Waals surface area contributed by atoms with E-state index in [2.05, 4.69) is 0 Å². The summed E-state index contributed by atoms with van der Waals surface area (Å²) < 4.78 is 25.4. The Balaban J connectivity index is 1.31. The summed E-state index contributed by atoms with van der Waals surface area (Å²) >= 11 is 5.74. The molecule has 0 amide bonds. The summed E-state index contributed by atoms with van der Waals surface area (Å²) in [6.45, 7) is 1.57. The Hall–Kier alpha value is -4.44. The largest absolute Gasteiger partial charge is 0.478 e. The average Bonchev–Trinajstić information content (AvgIpc) is 3.53. The van der Waals surface area contributed by atoms with Crippen LogP contribution in [0.4, 0.5) is 5.69 Å². The zero-order chi connectivity index (χ0) is 34.2. The van der Waals surface area contributed by atoms with E-state index in [1.165, 1.54) is 6.07 Å². The zero-order valence-corrected chi connectivity index (χ0v) is 28.6. The first kappa shape index (κ1) is 34.9. The number of fused-ring (bicyclic) bond motifs is 2. The number of aromatic carboxylic acids is 1. The number of carboxylic acids is 1. The van der Waals surface area contributed by atoms with E-state index in [1.807, 2.05) is 86.2 Å². The van der Waals surface area contributed by atoms with Crippen molar-refractivity contribution >= 4 is 40.0 Å². The fourth-order valence-electron chi connectivity index (χ4n) is 5.57. The number of nitrogens with zero attached hydrogens (tertiary/aromatic N) is 2. The van der Waals surface area contributed by atoms with E-state index in [9.17, 15) is 14.7 Å². The van der Waals surface area contributed by atoms with Gasteiger partial charge in [0.25, 0.3) is 0 Å². The predicted octanol–water partition coefficient (Wildman–Crippen LogP) is 6.96. The number of rotatable bonds is 16. The molecule has 0 atom stereocenters. The summed E-state index contributed by atoms with van der Waals surface area (Å²) in [5.41, 5.74) is 4.04. The predicted molar refractivity (Wildman–Crippen MR) is 188 cm³/mol. The lowest BCUT2D eigenvalue weighted by molar-refractivity contribution is 0.0333. The minimum Gasteiger partial charge on any atom is -0.478 e. The molecule has 2 heterocycles. The molecule has 5 rings (SSSR count). The van der Waals surface area contributed by atoms with Crippen molar-refractivity contribution in [1.82, 2.24) is 4.58 Å². The van der Waals surface area contributed by atoms with Crippen molar-refractivity contribution in [3.63, 3.8) is 0 Å². The topological polar surface area (TPSA) is 105 Å². The number of hydrogen-bond donors (Lipinski definition) is 1. The van der Waals surface area contributed by atoms with E-state index in [1.54, 1.807) is 12.1 Å². The van der Waals surface area contributed by atoms with Crippen molar-refractivity contribution in [2.75, 3.05) is 58.8 Å². The third-order valence-corrected chi connectivity index (χ3v) is 8.41. The second-order valence-corrected chi connectivity index (χ2v) is 12.4. The first-order valence-corrected chi connectivity index (χ1v) is 16.6. The van der Waals surface area contributed by atoms with Crippen LogP contribution in [-0.4, -0.2) is 70.8 Å². The van der Waals surface area contributed by atoms with E-state index in [0.29, 0.717) is 66.8 Å². The molecule has 1 N–H and O–H groups in total. The molecule has 0 radical (unpaired) electrons. The number of benzene rings is 3. The quantitative estimate of drug-likeness (QED) is 0.0394. The lowest BCUT2D eigenvalue weighted by Gasteiger charge is -2.19. The summed E-state index contributed by atoms with van der Waals surface area (Å²) in [6.07, 6.45) is 2.46. The number of aryl methyl sites for hydroxylation is 1. The minimum absolute atomic E-state index is 0.0881. The molecule has 252 valence electrons. The number of ether oxygens (including phenoxy) is 2. The molecule has 0 saturated carbocycles. The van der Waals surface area contributed by atoms with E-state index >= 15 is 0 Å². The maximum absolute atomic E-state index is 13.4. The molecular weight excluding hydrogens is 632 g/mol. The summed E-state index contributed by atoms with van der Waals surface area (Å²) in [5.74, 6) is 1.72. The van der Waals surface area contributed by atoms with Gasteiger partial charge in [0.1, 0.15) is 43.6 Å². The van der Waals surface area contributed by atoms with Gasteiger partial charge in [-0.1, -0.05) is 6.07 Å². The van der Waals surface area contributed by atoms with Crippen LogP contribution in [0, 0.1) is 0 Å². The van der Waals surface area contributed by atoms with E-state index < -0.39 is 5.97 Å². The second kappa shape index (κ2) is 16.1. The number of carbonyl (C=O) groups is 2. The SMILES string of the molecule is CN(C)c1ccc2c(-c3cc(C(=O)CCCOCCOCc4ccc(CCCCl)o4)ccc3C(=O)O)c3ccc(=[N+](C)C)cc-3oc2c1. The molecule has 0 fully saturated rings. The van der Waals surface area contributed by atoms with Gasteiger partial charge in [-0.25, -0.2) is 9.37 Å². The van der Waals surface area contributed by atoms with Crippen molar-refractivity contribution in [2.45, 2.75) is 32.3 Å². The van der Waals surface area contributed by atoms with Gasteiger partial charge >= 0.3 is 5.97 Å². The number of carboxylic acid groups (broad SMARTS) is 1. The number of furan rings is 1. The second-order valence-electron chi connectivity index (χ2n) is 12.0. The lowest BCUT2D eigenvalue weighted by atomic mass is 9.88. The molecule has 1 aliphatic carbocycles. The third kappa shape index (κ3) is 8.34. The molecule has 10 heteroatoms. The average molecular weight is 674 g/mol. The molecule has 0 bridgehead atoms. The fraction of sp³-hybridized carbons (Fsp3) is 0.342. The first-order chi connectivity index (χ1) is 23.2. The molecular formula is C38H42ClN2O7+. The van der Waals surface area contributed by atoms with Crippen LogP contribution in [0.15, 0.2) is 75.6 Å². The first-order valence-electron chi connectivity index (χ1n) is 16.0. The maximum Gasteiger partial charge on any atom is 0.336 e. The number of hydrogen-bond acceptors (Lipinski definition) is 7. The molecule has 2 aliphatic rings. The molecule has 1 aliphatic heterocycles. The van der Waals surface area contributed by atoms with E-state index in [4.69, 9.17) is 29.9 Å². The Kier molecular flexibility index (Phi) is 11.7. The standard InChI is InChI=1S/C38H41ClN2O7/c1-40(2)26-10-15-31-35(22-26)48-36-23-27(41(3)4)11-16-32(36)37(31)33-21-25(9-14-30(33)38(43)44)34(42)8-6-18-45-19-20-46-24-29-13-12-28(47-29)7-5-17-39/h9-16,21-23H,5-8,17-20,24H2,1-4H3/p+1. The maximum atomic E-state index is 13.4. The van der Waals surface area contributed by atoms with Crippen LogP contribution < -0.4 is 14.8 Å². The Labute approximate surface area is 285 Å². The highest BCUT2D eigenvalue weighted by Gasteiger charge is 2.24. The van der Waals surface area contributed by atoms with Gasteiger partial charge in [0.15, 0.2) is 5.78 Å². The van der Waals surface area contributed by atoms with Gasteiger partial charge in [0, 0.05) is 79.3 Å². The fourth-order valence-corrected chi connectivity index (χ4v) is 5.71.